The molecule has 0 unspecified atom stereocenters. The normalized spacial score (nSPS) is 19.4. The summed E-state index contributed by atoms with van der Waals surface area (Å²) in [4.78, 5) is 17.0. The van der Waals surface area contributed by atoms with Gasteiger partial charge in [-0.1, -0.05) is 12.1 Å². The molecule has 0 spiro atoms. The van der Waals surface area contributed by atoms with Gasteiger partial charge in [-0.25, -0.2) is 4.98 Å². The van der Waals surface area contributed by atoms with Crippen LogP contribution in [0.15, 0.2) is 18.2 Å². The van der Waals surface area contributed by atoms with Gasteiger partial charge in [0.15, 0.2) is 11.5 Å². The van der Waals surface area contributed by atoms with Gasteiger partial charge in [0.2, 0.25) is 5.91 Å². The molecule has 4 rings (SSSR count). The quantitative estimate of drug-likeness (QED) is 0.909. The largest absolute Gasteiger partial charge is 0.504 e. The Kier molecular flexibility index (Phi) is 3.67. The maximum absolute atomic E-state index is 12.3. The van der Waals surface area contributed by atoms with E-state index in [4.69, 9.17) is 9.72 Å². The van der Waals surface area contributed by atoms with Crippen LogP contribution in [0.4, 0.5) is 5.82 Å². The highest BCUT2D eigenvalue weighted by atomic mass is 16.5. The lowest BCUT2D eigenvalue weighted by atomic mass is 9.89. The summed E-state index contributed by atoms with van der Waals surface area (Å²) in [6, 6.07) is 5.44. The third-order valence-electron chi connectivity index (χ3n) is 4.79. The van der Waals surface area contributed by atoms with Crippen molar-refractivity contribution in [1.82, 2.24) is 9.55 Å². The van der Waals surface area contributed by atoms with Crippen molar-refractivity contribution in [2.75, 3.05) is 11.9 Å². The molecule has 24 heavy (non-hydrogen) atoms. The molecule has 0 radical (unpaired) electrons. The van der Waals surface area contributed by atoms with Gasteiger partial charge >= 0.3 is 0 Å². The highest BCUT2D eigenvalue weighted by Gasteiger charge is 2.34. The molecule has 1 atom stereocenters. The highest BCUT2D eigenvalue weighted by Crippen LogP contribution is 2.44. The van der Waals surface area contributed by atoms with E-state index in [0.29, 0.717) is 17.9 Å². The van der Waals surface area contributed by atoms with E-state index in [0.717, 1.165) is 43.1 Å². The van der Waals surface area contributed by atoms with E-state index in [1.807, 2.05) is 19.1 Å². The maximum atomic E-state index is 12.3. The number of benzene rings is 1. The van der Waals surface area contributed by atoms with Crippen LogP contribution in [0.1, 0.15) is 49.2 Å². The van der Waals surface area contributed by atoms with Gasteiger partial charge < -0.3 is 19.7 Å². The van der Waals surface area contributed by atoms with Gasteiger partial charge in [0.05, 0.1) is 12.3 Å². The molecule has 0 saturated carbocycles. The average molecular weight is 327 g/mol. The second kappa shape index (κ2) is 5.85. The molecule has 6 heteroatoms. The molecule has 0 saturated heterocycles. The van der Waals surface area contributed by atoms with E-state index in [2.05, 4.69) is 9.88 Å². The van der Waals surface area contributed by atoms with Crippen molar-refractivity contribution < 1.29 is 14.6 Å². The molecule has 6 nitrogen and oxygen atoms in total. The number of aromatic hydroxyl groups is 1. The van der Waals surface area contributed by atoms with E-state index in [-0.39, 0.29) is 24.0 Å². The molecule has 126 valence electrons. The number of anilines is 1. The van der Waals surface area contributed by atoms with Crippen LogP contribution in [0.2, 0.25) is 0 Å². The number of amides is 1. The van der Waals surface area contributed by atoms with Crippen LogP contribution in [0, 0.1) is 0 Å². The van der Waals surface area contributed by atoms with Crippen molar-refractivity contribution in [3.63, 3.8) is 0 Å². The number of rotatable bonds is 3. The number of carbonyl (C=O) groups is 1. The van der Waals surface area contributed by atoms with Crippen molar-refractivity contribution in [2.24, 2.45) is 0 Å². The van der Waals surface area contributed by atoms with Gasteiger partial charge in [0.25, 0.3) is 0 Å². The molecule has 2 N–H and O–H groups in total. The van der Waals surface area contributed by atoms with Crippen LogP contribution in [-0.4, -0.2) is 27.2 Å². The summed E-state index contributed by atoms with van der Waals surface area (Å²) in [6.07, 6.45) is 3.44. The summed E-state index contributed by atoms with van der Waals surface area (Å²) < 4.78 is 7.61. The van der Waals surface area contributed by atoms with E-state index >= 15 is 0 Å². The van der Waals surface area contributed by atoms with Crippen LogP contribution >= 0.6 is 0 Å². The first kappa shape index (κ1) is 15.1. The summed E-state index contributed by atoms with van der Waals surface area (Å²) in [7, 11) is 0. The molecule has 0 bridgehead atoms. The monoisotopic (exact) mass is 327 g/mol. The molecule has 1 aromatic heterocycles. The molecule has 0 fully saturated rings. The Hall–Kier alpha value is -2.50. The third-order valence-corrected chi connectivity index (χ3v) is 4.79. The second-order valence-electron chi connectivity index (χ2n) is 6.30. The van der Waals surface area contributed by atoms with Crippen LogP contribution < -0.4 is 10.1 Å². The van der Waals surface area contributed by atoms with Crippen LogP contribution in [0.3, 0.4) is 0 Å². The topological polar surface area (TPSA) is 76.4 Å². The molecule has 1 aromatic carbocycles. The van der Waals surface area contributed by atoms with Crippen molar-refractivity contribution in [3.8, 4) is 11.5 Å². The van der Waals surface area contributed by atoms with Crippen molar-refractivity contribution in [2.45, 2.75) is 45.1 Å². The van der Waals surface area contributed by atoms with Gasteiger partial charge in [-0.05, 0) is 25.8 Å². The number of para-hydroxylation sites is 1. The zero-order valence-electron chi connectivity index (χ0n) is 13.7. The van der Waals surface area contributed by atoms with Crippen molar-refractivity contribution in [3.05, 3.63) is 35.3 Å². The number of aromatic nitrogens is 2. The molecule has 2 aliphatic heterocycles. The minimum Gasteiger partial charge on any atom is -0.504 e. The number of ether oxygens (including phenoxy) is 1. The lowest BCUT2D eigenvalue weighted by Gasteiger charge is -2.25. The zero-order valence-corrected chi connectivity index (χ0v) is 13.7. The Labute approximate surface area is 140 Å². The fourth-order valence-corrected chi connectivity index (χ4v) is 3.69. The average Bonchev–Trinajstić information content (AvgIpc) is 2.95. The zero-order chi connectivity index (χ0) is 16.7. The number of nitrogens with zero attached hydrogens (tertiary/aromatic N) is 2. The van der Waals surface area contributed by atoms with E-state index in [1.54, 1.807) is 6.07 Å². The molecule has 2 aliphatic rings. The summed E-state index contributed by atoms with van der Waals surface area (Å²) in [5.74, 6) is 2.10. The van der Waals surface area contributed by atoms with Crippen LogP contribution in [0.5, 0.6) is 11.5 Å². The Balaban J connectivity index is 1.82. The minimum absolute atomic E-state index is 0.0398. The first-order valence-electron chi connectivity index (χ1n) is 8.53. The number of fused-ring (bicyclic) bond motifs is 3. The Morgan fingerprint density at radius 1 is 1.42 bits per heavy atom. The smallest absolute Gasteiger partial charge is 0.226 e. The Morgan fingerprint density at radius 2 is 2.29 bits per heavy atom. The van der Waals surface area contributed by atoms with Gasteiger partial charge in [0.1, 0.15) is 11.6 Å². The lowest BCUT2D eigenvalue weighted by molar-refractivity contribution is -0.116. The molecular weight excluding hydrogens is 306 g/mol. The first-order chi connectivity index (χ1) is 11.7. The number of aryl methyl sites for hydroxylation is 1. The number of hydrogen-bond acceptors (Lipinski definition) is 4. The number of nitrogens with one attached hydrogen (secondary N) is 1. The molecule has 1 amide bonds. The lowest BCUT2D eigenvalue weighted by Crippen LogP contribution is -2.25. The standard InChI is InChI=1S/C18H21N3O3/c1-2-24-13-7-5-6-11(17(13)23)12-10-15(22)20-18-16(12)19-14-8-3-4-9-21(14)18/h5-7,12,23H,2-4,8-10H2,1H3,(H,20,22)/t12-/m1/s1. The predicted molar refractivity (Wildman–Crippen MR) is 89.5 cm³/mol. The van der Waals surface area contributed by atoms with Crippen molar-refractivity contribution in [1.29, 1.82) is 0 Å². The molecular formula is C18H21N3O3. The van der Waals surface area contributed by atoms with Crippen molar-refractivity contribution >= 4 is 11.7 Å². The SMILES string of the molecule is CCOc1cccc([C@H]2CC(=O)Nc3c2nc2n3CCCC2)c1O. The van der Waals surface area contributed by atoms with Gasteiger partial charge in [-0.15, -0.1) is 0 Å². The Bertz CT molecular complexity index is 797. The maximum Gasteiger partial charge on any atom is 0.226 e. The summed E-state index contributed by atoms with van der Waals surface area (Å²) in [5.41, 5.74) is 1.56. The first-order valence-corrected chi connectivity index (χ1v) is 8.53. The van der Waals surface area contributed by atoms with Crippen LogP contribution in [0.25, 0.3) is 0 Å². The molecule has 3 heterocycles. The minimum atomic E-state index is -0.243. The second-order valence-corrected chi connectivity index (χ2v) is 6.30. The number of carbonyl (C=O) groups excluding carboxylic acids is 1. The fraction of sp³-hybridized carbons (Fsp3) is 0.444. The predicted octanol–water partition coefficient (Wildman–Crippen LogP) is 2.80. The van der Waals surface area contributed by atoms with Crippen LogP contribution in [-0.2, 0) is 17.8 Å². The third kappa shape index (κ3) is 2.33. The number of phenols is 1. The van der Waals surface area contributed by atoms with E-state index in [9.17, 15) is 9.90 Å². The number of hydrogen-bond donors (Lipinski definition) is 2. The van der Waals surface area contributed by atoms with Gasteiger partial charge in [-0.3, -0.25) is 4.79 Å². The summed E-state index contributed by atoms with van der Waals surface area (Å²) >= 11 is 0. The number of phenolic OH excluding ortho intramolecular Hbond substituents is 1. The summed E-state index contributed by atoms with van der Waals surface area (Å²) in [6.45, 7) is 3.24. The van der Waals surface area contributed by atoms with E-state index in [1.165, 1.54) is 0 Å². The fourth-order valence-electron chi connectivity index (χ4n) is 3.69. The van der Waals surface area contributed by atoms with E-state index < -0.39 is 0 Å². The summed E-state index contributed by atoms with van der Waals surface area (Å²) in [5, 5.41) is 13.6. The molecule has 2 aromatic rings. The number of imidazole rings is 1. The van der Waals surface area contributed by atoms with Gasteiger partial charge in [-0.2, -0.15) is 0 Å². The van der Waals surface area contributed by atoms with Gasteiger partial charge in [0, 0.05) is 30.9 Å². The molecule has 0 aliphatic carbocycles. The Morgan fingerprint density at radius 3 is 3.12 bits per heavy atom. The highest BCUT2D eigenvalue weighted by molar-refractivity contribution is 5.94.